The van der Waals surface area contributed by atoms with Crippen molar-refractivity contribution < 1.29 is 18.7 Å². The Morgan fingerprint density at radius 1 is 1.07 bits per heavy atom. The van der Waals surface area contributed by atoms with Gasteiger partial charge in [0.05, 0.1) is 19.9 Å². The van der Waals surface area contributed by atoms with Crippen LogP contribution in [-0.2, 0) is 10.2 Å². The van der Waals surface area contributed by atoms with Gasteiger partial charge in [0.2, 0.25) is 0 Å². The molecule has 0 aromatic heterocycles. The van der Waals surface area contributed by atoms with E-state index >= 15 is 0 Å². The lowest BCUT2D eigenvalue weighted by molar-refractivity contribution is -0.104. The van der Waals surface area contributed by atoms with Crippen LogP contribution in [0.25, 0.3) is 0 Å². The zero-order chi connectivity index (χ0) is 20.9. The van der Waals surface area contributed by atoms with Crippen molar-refractivity contribution in [3.05, 3.63) is 77.9 Å². The molecule has 2 aromatic rings. The summed E-state index contributed by atoms with van der Waals surface area (Å²) in [5.41, 5.74) is 2.18. The molecule has 2 aromatic carbocycles. The largest absolute Gasteiger partial charge is 0.493 e. The van der Waals surface area contributed by atoms with Crippen LogP contribution in [0.5, 0.6) is 11.5 Å². The minimum atomic E-state index is -0.519. The molecule has 4 nitrogen and oxygen atoms in total. The molecule has 0 aliphatic heterocycles. The highest BCUT2D eigenvalue weighted by atomic mass is 19.1. The van der Waals surface area contributed by atoms with Crippen LogP contribution in [-0.4, -0.2) is 20.5 Å². The van der Waals surface area contributed by atoms with E-state index in [-0.39, 0.29) is 11.5 Å². The lowest BCUT2D eigenvalue weighted by Crippen LogP contribution is -2.34. The molecule has 0 spiro atoms. The van der Waals surface area contributed by atoms with Gasteiger partial charge in [0, 0.05) is 16.8 Å². The van der Waals surface area contributed by atoms with Crippen LogP contribution in [0, 0.1) is 5.82 Å². The van der Waals surface area contributed by atoms with Crippen molar-refractivity contribution in [2.24, 2.45) is 0 Å². The number of carbonyl (C=O) groups excluding carboxylic acids is 1. The van der Waals surface area contributed by atoms with E-state index in [2.05, 4.69) is 6.58 Å². The average Bonchev–Trinajstić information content (AvgIpc) is 2.71. The molecule has 0 amide bonds. The molecule has 2 rings (SSSR count). The van der Waals surface area contributed by atoms with Crippen LogP contribution in [0.2, 0.25) is 0 Å². The normalized spacial score (nSPS) is 11.7. The molecule has 5 heteroatoms. The summed E-state index contributed by atoms with van der Waals surface area (Å²) >= 11 is 0. The summed E-state index contributed by atoms with van der Waals surface area (Å²) in [7, 11) is 3.18. The third-order valence-corrected chi connectivity index (χ3v) is 4.77. The van der Waals surface area contributed by atoms with E-state index in [4.69, 9.17) is 9.47 Å². The first kappa shape index (κ1) is 21.2. The first-order chi connectivity index (χ1) is 13.3. The van der Waals surface area contributed by atoms with Gasteiger partial charge in [0.15, 0.2) is 17.8 Å². The third-order valence-electron chi connectivity index (χ3n) is 4.77. The van der Waals surface area contributed by atoms with Crippen LogP contribution in [0.1, 0.15) is 26.3 Å². The van der Waals surface area contributed by atoms with Crippen LogP contribution in [0.3, 0.4) is 0 Å². The number of hydrogen-bond donors (Lipinski definition) is 0. The van der Waals surface area contributed by atoms with Gasteiger partial charge in [-0.3, -0.25) is 4.79 Å². The molecule has 0 atom stereocenters. The number of benzene rings is 2. The number of nitrogens with zero attached hydrogens (tertiary/aromatic N) is 1. The average molecular weight is 383 g/mol. The van der Waals surface area contributed by atoms with E-state index in [1.165, 1.54) is 12.1 Å². The Kier molecular flexibility index (Phi) is 6.62. The molecule has 28 heavy (non-hydrogen) atoms. The number of rotatable bonds is 8. The maximum atomic E-state index is 13.4. The predicted octanol–water partition coefficient (Wildman–Crippen LogP) is 5.24. The highest BCUT2D eigenvalue weighted by Crippen LogP contribution is 2.40. The second-order valence-electron chi connectivity index (χ2n) is 6.79. The molecular formula is C23H26FNO3. The number of methoxy groups -OCH3 is 2. The summed E-state index contributed by atoms with van der Waals surface area (Å²) in [6, 6.07) is 11.7. The number of ether oxygens (including phenoxy) is 2. The highest BCUT2D eigenvalue weighted by Gasteiger charge is 2.32. The van der Waals surface area contributed by atoms with Gasteiger partial charge in [0.25, 0.3) is 0 Å². The van der Waals surface area contributed by atoms with Gasteiger partial charge in [-0.05, 0) is 48.9 Å². The van der Waals surface area contributed by atoms with E-state index in [1.807, 2.05) is 45.0 Å². The summed E-state index contributed by atoms with van der Waals surface area (Å²) in [5.74, 6) is 0.907. The van der Waals surface area contributed by atoms with Gasteiger partial charge < -0.3 is 14.4 Å². The second kappa shape index (κ2) is 8.74. The maximum absolute atomic E-state index is 13.4. The van der Waals surface area contributed by atoms with E-state index < -0.39 is 5.41 Å². The van der Waals surface area contributed by atoms with Crippen molar-refractivity contribution in [1.82, 2.24) is 0 Å². The van der Waals surface area contributed by atoms with Crippen LogP contribution in [0.15, 0.2) is 66.5 Å². The number of hydrogen-bond acceptors (Lipinski definition) is 4. The summed E-state index contributed by atoms with van der Waals surface area (Å²) < 4.78 is 24.2. The van der Waals surface area contributed by atoms with E-state index in [0.717, 1.165) is 11.3 Å². The molecule has 0 saturated carbocycles. The summed E-state index contributed by atoms with van der Waals surface area (Å²) in [5, 5.41) is 0. The molecule has 0 aliphatic carbocycles. The number of allylic oxidation sites excluding steroid dienone is 3. The number of carbonyl (C=O) groups is 1. The molecule has 0 radical (unpaired) electrons. The van der Waals surface area contributed by atoms with Crippen LogP contribution >= 0.6 is 0 Å². The second-order valence-corrected chi connectivity index (χ2v) is 6.79. The maximum Gasteiger partial charge on any atom is 0.166 e. The van der Waals surface area contributed by atoms with Crippen molar-refractivity contribution in [1.29, 1.82) is 0 Å². The fourth-order valence-corrected chi connectivity index (χ4v) is 3.24. The third kappa shape index (κ3) is 4.09. The summed E-state index contributed by atoms with van der Waals surface area (Å²) in [6.07, 6.45) is 2.62. The van der Waals surface area contributed by atoms with Crippen LogP contribution < -0.4 is 14.4 Å². The van der Waals surface area contributed by atoms with Gasteiger partial charge in [-0.15, -0.1) is 0 Å². The van der Waals surface area contributed by atoms with Crippen molar-refractivity contribution >= 4 is 12.0 Å². The fourth-order valence-electron chi connectivity index (χ4n) is 3.24. The fraction of sp³-hybridized carbons (Fsp3) is 0.261. The lowest BCUT2D eigenvalue weighted by Gasteiger charge is -2.38. The molecule has 0 unspecified atom stereocenters. The minimum Gasteiger partial charge on any atom is -0.493 e. The van der Waals surface area contributed by atoms with E-state index in [9.17, 15) is 9.18 Å². The monoisotopic (exact) mass is 383 g/mol. The molecule has 0 fully saturated rings. The Hall–Kier alpha value is -3.08. The molecule has 0 saturated heterocycles. The first-order valence-electron chi connectivity index (χ1n) is 8.89. The standard InChI is InChI=1S/C23H26FNO3/c1-7-22(25(16(2)15-26)19-11-9-18(24)10-12-19)23(3,4)17-8-13-20(27-5)21(14-17)28-6/h7-15H,2H2,1,3-6H3/b22-7-. The zero-order valence-electron chi connectivity index (χ0n) is 17.0. The van der Waals surface area contributed by atoms with Crippen molar-refractivity contribution in [2.75, 3.05) is 19.1 Å². The lowest BCUT2D eigenvalue weighted by atomic mass is 9.80. The Morgan fingerprint density at radius 3 is 2.18 bits per heavy atom. The Labute approximate surface area is 165 Å². The SMILES string of the molecule is C=C(C=O)N(/C(=C\C)C(C)(C)c1ccc(OC)c(OC)c1)c1ccc(F)cc1. The molecular weight excluding hydrogens is 357 g/mol. The number of halogens is 1. The van der Waals surface area contributed by atoms with Crippen molar-refractivity contribution in [3.8, 4) is 11.5 Å². The smallest absolute Gasteiger partial charge is 0.166 e. The molecule has 148 valence electrons. The van der Waals surface area contributed by atoms with Gasteiger partial charge in [-0.1, -0.05) is 32.6 Å². The first-order valence-corrected chi connectivity index (χ1v) is 8.89. The van der Waals surface area contributed by atoms with Gasteiger partial charge in [0.1, 0.15) is 5.82 Å². The topological polar surface area (TPSA) is 38.8 Å². The molecule has 0 aliphatic rings. The molecule has 0 bridgehead atoms. The van der Waals surface area contributed by atoms with Crippen molar-refractivity contribution in [2.45, 2.75) is 26.2 Å². The Balaban J connectivity index is 2.59. The van der Waals surface area contributed by atoms with Crippen LogP contribution in [0.4, 0.5) is 10.1 Å². The van der Waals surface area contributed by atoms with E-state index in [1.54, 1.807) is 31.3 Å². The van der Waals surface area contributed by atoms with E-state index in [0.29, 0.717) is 23.5 Å². The van der Waals surface area contributed by atoms with Gasteiger partial charge in [-0.2, -0.15) is 0 Å². The quantitative estimate of drug-likeness (QED) is 0.461. The van der Waals surface area contributed by atoms with Gasteiger partial charge >= 0.3 is 0 Å². The Bertz CT molecular complexity index is 885. The predicted molar refractivity (Wildman–Crippen MR) is 110 cm³/mol. The Morgan fingerprint density at radius 2 is 1.68 bits per heavy atom. The minimum absolute atomic E-state index is 0.258. The zero-order valence-corrected chi connectivity index (χ0v) is 17.0. The summed E-state index contributed by atoms with van der Waals surface area (Å²) in [4.78, 5) is 13.3. The summed E-state index contributed by atoms with van der Waals surface area (Å²) in [6.45, 7) is 9.86. The van der Waals surface area contributed by atoms with Crippen molar-refractivity contribution in [3.63, 3.8) is 0 Å². The highest BCUT2D eigenvalue weighted by molar-refractivity contribution is 5.82. The molecule has 0 N–H and O–H groups in total. The number of aldehydes is 1. The molecule has 0 heterocycles. The van der Waals surface area contributed by atoms with Gasteiger partial charge in [-0.25, -0.2) is 4.39 Å². The number of anilines is 1.